The molecule has 3 atom stereocenters. The molecule has 10 heteroatoms. The van der Waals surface area contributed by atoms with Crippen molar-refractivity contribution >= 4 is 11.7 Å². The van der Waals surface area contributed by atoms with Crippen LogP contribution >= 0.6 is 0 Å². The van der Waals surface area contributed by atoms with Gasteiger partial charge in [0.1, 0.15) is 5.82 Å². The van der Waals surface area contributed by atoms with Crippen LogP contribution in [-0.2, 0) is 0 Å². The smallest absolute Gasteiger partial charge is 0.410 e. The molecule has 156 valence electrons. The number of carbonyl (C=O) groups excluding carboxylic acids is 1. The third-order valence-electron chi connectivity index (χ3n) is 5.21. The molecule has 1 aromatic carbocycles. The fourth-order valence-electron chi connectivity index (χ4n) is 3.43. The lowest BCUT2D eigenvalue weighted by Gasteiger charge is -2.33. The Morgan fingerprint density at radius 2 is 2.10 bits per heavy atom. The molecule has 3 heterocycles. The Kier molecular flexibility index (Phi) is 4.79. The highest BCUT2D eigenvalue weighted by Crippen LogP contribution is 2.45. The molecule has 0 aliphatic carbocycles. The lowest BCUT2D eigenvalue weighted by molar-refractivity contribution is -0.173. The molecule has 2 N–H and O–H groups in total. The van der Waals surface area contributed by atoms with Crippen molar-refractivity contribution in [3.8, 4) is 11.5 Å². The lowest BCUT2D eigenvalue weighted by Crippen LogP contribution is -2.36. The van der Waals surface area contributed by atoms with Gasteiger partial charge in [-0.2, -0.15) is 18.3 Å². The van der Waals surface area contributed by atoms with E-state index >= 15 is 0 Å². The monoisotopic (exact) mass is 410 g/mol. The number of hydrogen-bond donors (Lipinski definition) is 2. The topological polar surface area (TPSA) is 77.4 Å². The first-order chi connectivity index (χ1) is 13.8. The van der Waals surface area contributed by atoms with E-state index < -0.39 is 24.2 Å². The van der Waals surface area contributed by atoms with Crippen LogP contribution in [0, 0.1) is 0 Å². The maximum absolute atomic E-state index is 13.8. The van der Waals surface area contributed by atoms with Gasteiger partial charge >= 0.3 is 6.18 Å². The van der Waals surface area contributed by atoms with Crippen molar-refractivity contribution in [2.24, 2.45) is 0 Å². The van der Waals surface area contributed by atoms with E-state index in [0.717, 1.165) is 4.68 Å². The lowest BCUT2D eigenvalue weighted by atomic mass is 9.96. The quantitative estimate of drug-likeness (QED) is 0.802. The van der Waals surface area contributed by atoms with Gasteiger partial charge in [0.2, 0.25) is 6.79 Å². The zero-order valence-electron chi connectivity index (χ0n) is 15.9. The number of amides is 1. The maximum atomic E-state index is 13.8. The molecule has 4 rings (SSSR count). The molecule has 3 unspecified atom stereocenters. The van der Waals surface area contributed by atoms with Gasteiger partial charge < -0.3 is 20.1 Å². The van der Waals surface area contributed by atoms with Gasteiger partial charge in [0, 0.05) is 18.5 Å². The first-order valence-corrected chi connectivity index (χ1v) is 9.39. The van der Waals surface area contributed by atoms with Crippen molar-refractivity contribution in [3.05, 3.63) is 35.5 Å². The van der Waals surface area contributed by atoms with Crippen molar-refractivity contribution in [1.29, 1.82) is 0 Å². The first-order valence-electron chi connectivity index (χ1n) is 9.39. The first kappa shape index (κ1) is 19.4. The van der Waals surface area contributed by atoms with Gasteiger partial charge in [-0.15, -0.1) is 0 Å². The number of nitrogens with one attached hydrogen (secondary N) is 2. The Bertz CT molecular complexity index is 928. The molecular formula is C19H21F3N4O3. The summed E-state index contributed by atoms with van der Waals surface area (Å²) in [6.07, 6.45) is -4.07. The van der Waals surface area contributed by atoms with Crippen molar-refractivity contribution in [2.45, 2.75) is 51.0 Å². The SMILES string of the molecule is CCC(C)NC(=O)c1cc2n(n1)C(C(F)(F)F)CC(c1ccc3c(c1)OCO3)N2. The number of aromatic nitrogens is 2. The zero-order valence-corrected chi connectivity index (χ0v) is 15.9. The summed E-state index contributed by atoms with van der Waals surface area (Å²) in [6, 6.07) is 3.85. The maximum Gasteiger partial charge on any atom is 0.410 e. The van der Waals surface area contributed by atoms with Crippen molar-refractivity contribution < 1.29 is 27.4 Å². The Balaban J connectivity index is 1.65. The van der Waals surface area contributed by atoms with Gasteiger partial charge in [0.15, 0.2) is 23.2 Å². The molecule has 0 fully saturated rings. The molecule has 29 heavy (non-hydrogen) atoms. The van der Waals surface area contributed by atoms with Crippen LogP contribution in [0.2, 0.25) is 0 Å². The highest BCUT2D eigenvalue weighted by Gasteiger charge is 2.47. The third-order valence-corrected chi connectivity index (χ3v) is 5.21. The number of benzene rings is 1. The van der Waals surface area contributed by atoms with Crippen molar-refractivity contribution in [3.63, 3.8) is 0 Å². The van der Waals surface area contributed by atoms with Crippen LogP contribution in [-0.4, -0.2) is 34.7 Å². The minimum Gasteiger partial charge on any atom is -0.454 e. The summed E-state index contributed by atoms with van der Waals surface area (Å²) in [5, 5.41) is 9.75. The van der Waals surface area contributed by atoms with Gasteiger partial charge in [0.25, 0.3) is 5.91 Å². The van der Waals surface area contributed by atoms with E-state index in [1.165, 1.54) is 6.07 Å². The van der Waals surface area contributed by atoms with Gasteiger partial charge in [-0.05, 0) is 31.0 Å². The van der Waals surface area contributed by atoms with E-state index in [1.54, 1.807) is 18.2 Å². The van der Waals surface area contributed by atoms with E-state index in [9.17, 15) is 18.0 Å². The van der Waals surface area contributed by atoms with Gasteiger partial charge in [-0.1, -0.05) is 13.0 Å². The summed E-state index contributed by atoms with van der Waals surface area (Å²) < 4.78 is 52.8. The number of alkyl halides is 3. The largest absolute Gasteiger partial charge is 0.454 e. The van der Waals surface area contributed by atoms with Crippen LogP contribution in [0.1, 0.15) is 54.8 Å². The summed E-state index contributed by atoms with van der Waals surface area (Å²) in [7, 11) is 0. The number of nitrogens with zero attached hydrogens (tertiary/aromatic N) is 2. The fourth-order valence-corrected chi connectivity index (χ4v) is 3.43. The summed E-state index contributed by atoms with van der Waals surface area (Å²) in [5.41, 5.74) is 0.593. The Labute approximate surface area is 165 Å². The zero-order chi connectivity index (χ0) is 20.8. The molecule has 2 aliphatic heterocycles. The number of anilines is 1. The summed E-state index contributed by atoms with van der Waals surface area (Å²) in [5.74, 6) is 0.714. The number of ether oxygens (including phenoxy) is 2. The van der Waals surface area contributed by atoms with Crippen molar-refractivity contribution in [1.82, 2.24) is 15.1 Å². The van der Waals surface area contributed by atoms with Crippen LogP contribution in [0.4, 0.5) is 19.0 Å². The molecule has 0 spiro atoms. The third kappa shape index (κ3) is 3.70. The minimum atomic E-state index is -4.51. The molecular weight excluding hydrogens is 389 g/mol. The van der Waals surface area contributed by atoms with Gasteiger partial charge in [0.05, 0.1) is 6.04 Å². The van der Waals surface area contributed by atoms with Crippen LogP contribution < -0.4 is 20.1 Å². The number of rotatable bonds is 4. The molecule has 0 saturated heterocycles. The molecule has 2 aliphatic rings. The predicted octanol–water partition coefficient (Wildman–Crippen LogP) is 3.80. The number of hydrogen-bond acceptors (Lipinski definition) is 5. The normalized spacial score (nSPS) is 21.3. The minimum absolute atomic E-state index is 0.0478. The fraction of sp³-hybridized carbons (Fsp3) is 0.474. The van der Waals surface area contributed by atoms with Crippen molar-refractivity contribution in [2.75, 3.05) is 12.1 Å². The average molecular weight is 410 g/mol. The Morgan fingerprint density at radius 1 is 1.34 bits per heavy atom. The molecule has 7 nitrogen and oxygen atoms in total. The van der Waals surface area contributed by atoms with Crippen LogP contribution in [0.5, 0.6) is 11.5 Å². The van der Waals surface area contributed by atoms with Crippen LogP contribution in [0.3, 0.4) is 0 Å². The second kappa shape index (κ2) is 7.16. The highest BCUT2D eigenvalue weighted by molar-refractivity contribution is 5.93. The van der Waals surface area contributed by atoms with Gasteiger partial charge in [-0.3, -0.25) is 4.79 Å². The van der Waals surface area contributed by atoms with Crippen LogP contribution in [0.15, 0.2) is 24.3 Å². The molecule has 1 amide bonds. The standard InChI is InChI=1S/C19H21F3N4O3/c1-3-10(2)23-18(27)13-8-17-24-12(7-16(19(20,21)22)26(17)25-13)11-4-5-14-15(6-11)29-9-28-14/h4-6,8,10,12,16,24H,3,7,9H2,1-2H3,(H,23,27). The number of halogens is 3. The molecule has 0 bridgehead atoms. The highest BCUT2D eigenvalue weighted by atomic mass is 19.4. The van der Waals surface area contributed by atoms with E-state index in [2.05, 4.69) is 15.7 Å². The molecule has 0 saturated carbocycles. The van der Waals surface area contributed by atoms with E-state index in [0.29, 0.717) is 23.5 Å². The second-order valence-electron chi connectivity index (χ2n) is 7.24. The average Bonchev–Trinajstić information content (AvgIpc) is 3.32. The van der Waals surface area contributed by atoms with E-state index in [1.807, 2.05) is 13.8 Å². The van der Waals surface area contributed by atoms with E-state index in [-0.39, 0.29) is 30.8 Å². The number of carbonyl (C=O) groups is 1. The van der Waals surface area contributed by atoms with E-state index in [4.69, 9.17) is 9.47 Å². The summed E-state index contributed by atoms with van der Waals surface area (Å²) in [6.45, 7) is 3.81. The molecule has 2 aromatic rings. The summed E-state index contributed by atoms with van der Waals surface area (Å²) >= 11 is 0. The van der Waals surface area contributed by atoms with Gasteiger partial charge in [-0.25, -0.2) is 4.68 Å². The second-order valence-corrected chi connectivity index (χ2v) is 7.24. The van der Waals surface area contributed by atoms with Crippen LogP contribution in [0.25, 0.3) is 0 Å². The summed E-state index contributed by atoms with van der Waals surface area (Å²) in [4.78, 5) is 12.3. The predicted molar refractivity (Wildman–Crippen MR) is 98.1 cm³/mol. The molecule has 1 aromatic heterocycles. The Hall–Kier alpha value is -2.91. The molecule has 0 radical (unpaired) electrons. The Morgan fingerprint density at radius 3 is 2.83 bits per heavy atom. The number of fused-ring (bicyclic) bond motifs is 2.